The first kappa shape index (κ1) is 17.7. The van der Waals surface area contributed by atoms with Gasteiger partial charge in [0.2, 0.25) is 0 Å². The first-order chi connectivity index (χ1) is 11.4. The van der Waals surface area contributed by atoms with E-state index in [1.54, 1.807) is 25.1 Å². The number of benzene rings is 2. The summed E-state index contributed by atoms with van der Waals surface area (Å²) in [5.41, 5.74) is 0.801. The van der Waals surface area contributed by atoms with Gasteiger partial charge in [0.25, 0.3) is 5.91 Å². The molecule has 2 rings (SSSR count). The first-order valence-electron chi connectivity index (χ1n) is 7.40. The smallest absolute Gasteiger partial charge is 0.311 e. The molecule has 0 unspecified atom stereocenters. The molecule has 6 nitrogen and oxygen atoms in total. The number of rotatable bonds is 6. The van der Waals surface area contributed by atoms with Crippen LogP contribution in [0.25, 0.3) is 0 Å². The van der Waals surface area contributed by atoms with Gasteiger partial charge < -0.3 is 10.1 Å². The molecule has 0 aliphatic rings. The summed E-state index contributed by atoms with van der Waals surface area (Å²) in [5, 5.41) is 14.5. The van der Waals surface area contributed by atoms with Gasteiger partial charge in [0.15, 0.2) is 5.75 Å². The van der Waals surface area contributed by atoms with Crippen molar-refractivity contribution in [3.63, 3.8) is 0 Å². The van der Waals surface area contributed by atoms with Crippen molar-refractivity contribution in [3.05, 3.63) is 68.7 Å². The lowest BCUT2D eigenvalue weighted by Gasteiger charge is -2.15. The fraction of sp³-hybridized carbons (Fsp3) is 0.235. The fourth-order valence-corrected chi connectivity index (χ4v) is 2.42. The summed E-state index contributed by atoms with van der Waals surface area (Å²) in [7, 11) is 0. The van der Waals surface area contributed by atoms with Crippen LogP contribution in [0.5, 0.6) is 5.75 Å². The van der Waals surface area contributed by atoms with Gasteiger partial charge >= 0.3 is 5.69 Å². The summed E-state index contributed by atoms with van der Waals surface area (Å²) in [6, 6.07) is 11.0. The predicted octanol–water partition coefficient (Wildman–Crippen LogP) is 4.14. The number of nitrogens with one attached hydrogen (secondary N) is 1. The molecule has 1 atom stereocenters. The van der Waals surface area contributed by atoms with Gasteiger partial charge in [0.05, 0.1) is 17.6 Å². The van der Waals surface area contributed by atoms with Gasteiger partial charge in [0.1, 0.15) is 0 Å². The molecule has 2 aromatic carbocycles. The number of hydrogen-bond acceptors (Lipinski definition) is 4. The zero-order valence-corrected chi connectivity index (χ0v) is 14.0. The van der Waals surface area contributed by atoms with E-state index in [4.69, 9.17) is 16.3 Å². The Morgan fingerprint density at radius 2 is 2.08 bits per heavy atom. The molecule has 0 saturated carbocycles. The van der Waals surface area contributed by atoms with Crippen LogP contribution in [0.4, 0.5) is 5.69 Å². The minimum atomic E-state index is -0.567. The summed E-state index contributed by atoms with van der Waals surface area (Å²) < 4.78 is 5.21. The van der Waals surface area contributed by atoms with E-state index in [1.165, 1.54) is 18.2 Å². The minimum absolute atomic E-state index is 0.141. The van der Waals surface area contributed by atoms with E-state index < -0.39 is 10.8 Å². The standard InChI is InChI=1S/C17H17ClN2O4/c1-3-24-16-8-7-13(10-15(16)20(22)23)17(21)19-11(2)12-5-4-6-14(18)9-12/h4-11H,3H2,1-2H3,(H,19,21)/t11-/m0/s1. The van der Waals surface area contributed by atoms with Gasteiger partial charge in [-0.15, -0.1) is 0 Å². The molecular formula is C17H17ClN2O4. The molecule has 0 heterocycles. The fourth-order valence-electron chi connectivity index (χ4n) is 2.22. The van der Waals surface area contributed by atoms with Crippen molar-refractivity contribution in [1.82, 2.24) is 5.32 Å². The van der Waals surface area contributed by atoms with Crippen molar-refractivity contribution in [3.8, 4) is 5.75 Å². The van der Waals surface area contributed by atoms with E-state index in [0.717, 1.165) is 5.56 Å². The van der Waals surface area contributed by atoms with Crippen molar-refractivity contribution >= 4 is 23.2 Å². The van der Waals surface area contributed by atoms with Crippen molar-refractivity contribution in [1.29, 1.82) is 0 Å². The average molecular weight is 349 g/mol. The second kappa shape index (κ2) is 7.79. The number of nitro groups is 1. The van der Waals surface area contributed by atoms with Crippen molar-refractivity contribution < 1.29 is 14.5 Å². The Bertz CT molecular complexity index is 764. The average Bonchev–Trinajstić information content (AvgIpc) is 2.55. The Morgan fingerprint density at radius 1 is 1.33 bits per heavy atom. The highest BCUT2D eigenvalue weighted by molar-refractivity contribution is 6.30. The molecule has 0 bridgehead atoms. The Balaban J connectivity index is 2.20. The maximum Gasteiger partial charge on any atom is 0.311 e. The first-order valence-corrected chi connectivity index (χ1v) is 7.77. The highest BCUT2D eigenvalue weighted by atomic mass is 35.5. The van der Waals surface area contributed by atoms with Gasteiger partial charge in [-0.05, 0) is 43.7 Å². The number of nitrogens with zero attached hydrogens (tertiary/aromatic N) is 1. The van der Waals surface area contributed by atoms with Gasteiger partial charge in [-0.1, -0.05) is 23.7 Å². The number of carbonyl (C=O) groups excluding carboxylic acids is 1. The predicted molar refractivity (Wildman–Crippen MR) is 91.6 cm³/mol. The largest absolute Gasteiger partial charge is 0.487 e. The second-order valence-corrected chi connectivity index (χ2v) is 5.56. The van der Waals surface area contributed by atoms with E-state index in [9.17, 15) is 14.9 Å². The summed E-state index contributed by atoms with van der Waals surface area (Å²) in [6.07, 6.45) is 0. The molecule has 24 heavy (non-hydrogen) atoms. The molecule has 0 aliphatic carbocycles. The van der Waals surface area contributed by atoms with Crippen LogP contribution in [0.15, 0.2) is 42.5 Å². The SMILES string of the molecule is CCOc1ccc(C(=O)N[C@@H](C)c2cccc(Cl)c2)cc1[N+](=O)[O-]. The third-order valence-electron chi connectivity index (χ3n) is 3.41. The third kappa shape index (κ3) is 4.23. The van der Waals surface area contributed by atoms with Crippen LogP contribution in [0.3, 0.4) is 0 Å². The van der Waals surface area contributed by atoms with Crippen molar-refractivity contribution in [2.45, 2.75) is 19.9 Å². The Hall–Kier alpha value is -2.60. The van der Waals surface area contributed by atoms with Crippen LogP contribution < -0.4 is 10.1 Å². The Morgan fingerprint density at radius 3 is 2.71 bits per heavy atom. The summed E-state index contributed by atoms with van der Waals surface area (Å²) in [5.74, 6) is -0.268. The van der Waals surface area contributed by atoms with Crippen LogP contribution in [0.1, 0.15) is 35.8 Å². The Kier molecular flexibility index (Phi) is 5.76. The summed E-state index contributed by atoms with van der Waals surface area (Å²) >= 11 is 5.94. The molecular weight excluding hydrogens is 332 g/mol. The highest BCUT2D eigenvalue weighted by Crippen LogP contribution is 2.28. The third-order valence-corrected chi connectivity index (χ3v) is 3.65. The molecule has 7 heteroatoms. The van der Waals surface area contributed by atoms with Crippen LogP contribution in [-0.4, -0.2) is 17.4 Å². The summed E-state index contributed by atoms with van der Waals surface area (Å²) in [6.45, 7) is 3.85. The molecule has 0 spiro atoms. The van der Waals surface area contributed by atoms with Gasteiger partial charge in [0, 0.05) is 16.7 Å². The minimum Gasteiger partial charge on any atom is -0.487 e. The molecule has 0 aliphatic heterocycles. The molecule has 126 valence electrons. The molecule has 0 saturated heterocycles. The van der Waals surface area contributed by atoms with E-state index in [1.807, 2.05) is 13.0 Å². The van der Waals surface area contributed by atoms with Gasteiger partial charge in [-0.3, -0.25) is 14.9 Å². The zero-order valence-electron chi connectivity index (χ0n) is 13.3. The highest BCUT2D eigenvalue weighted by Gasteiger charge is 2.19. The van der Waals surface area contributed by atoms with E-state index in [-0.39, 0.29) is 23.0 Å². The number of halogens is 1. The lowest BCUT2D eigenvalue weighted by Crippen LogP contribution is -2.26. The second-order valence-electron chi connectivity index (χ2n) is 5.12. The quantitative estimate of drug-likeness (QED) is 0.628. The van der Waals surface area contributed by atoms with E-state index >= 15 is 0 Å². The van der Waals surface area contributed by atoms with Crippen LogP contribution in [0.2, 0.25) is 5.02 Å². The lowest BCUT2D eigenvalue weighted by molar-refractivity contribution is -0.385. The molecule has 0 aromatic heterocycles. The molecule has 0 radical (unpaired) electrons. The molecule has 1 N–H and O–H groups in total. The van der Waals surface area contributed by atoms with Crippen LogP contribution >= 0.6 is 11.6 Å². The van der Waals surface area contributed by atoms with Gasteiger partial charge in [-0.2, -0.15) is 0 Å². The topological polar surface area (TPSA) is 81.5 Å². The number of nitro benzene ring substituents is 1. The molecule has 0 fully saturated rings. The monoisotopic (exact) mass is 348 g/mol. The Labute approximate surface area is 144 Å². The normalized spacial score (nSPS) is 11.6. The number of carbonyl (C=O) groups is 1. The van der Waals surface area contributed by atoms with Crippen molar-refractivity contribution in [2.75, 3.05) is 6.61 Å². The van der Waals surface area contributed by atoms with Crippen LogP contribution in [-0.2, 0) is 0 Å². The van der Waals surface area contributed by atoms with Gasteiger partial charge in [-0.25, -0.2) is 0 Å². The number of hydrogen-bond donors (Lipinski definition) is 1. The molecule has 2 aromatic rings. The van der Waals surface area contributed by atoms with E-state index in [2.05, 4.69) is 5.32 Å². The van der Waals surface area contributed by atoms with E-state index in [0.29, 0.717) is 11.6 Å². The summed E-state index contributed by atoms with van der Waals surface area (Å²) in [4.78, 5) is 22.9. The van der Waals surface area contributed by atoms with Crippen LogP contribution in [0, 0.1) is 10.1 Å². The lowest BCUT2D eigenvalue weighted by atomic mass is 10.1. The number of ether oxygens (including phenoxy) is 1. The van der Waals surface area contributed by atoms with Crippen molar-refractivity contribution in [2.24, 2.45) is 0 Å². The maximum atomic E-state index is 12.3. The zero-order chi connectivity index (χ0) is 17.7. The number of amides is 1. The molecule has 1 amide bonds. The maximum absolute atomic E-state index is 12.3.